The molecule has 66 valence electrons. The van der Waals surface area contributed by atoms with Gasteiger partial charge in [-0.2, -0.15) is 5.10 Å². The number of aromatic amines is 1. The lowest BCUT2D eigenvalue weighted by Gasteiger charge is -2.04. The molecule has 0 saturated carbocycles. The minimum atomic E-state index is 1.22. The van der Waals surface area contributed by atoms with Crippen LogP contribution in [0.15, 0.2) is 12.3 Å². The number of hydrogen-bond acceptors (Lipinski definition) is 1. The first-order valence-electron chi connectivity index (χ1n) is 4.80. The number of nitrogens with one attached hydrogen (secondary N) is 1. The molecule has 1 aliphatic rings. The monoisotopic (exact) mass is 172 g/mol. The van der Waals surface area contributed by atoms with Crippen LogP contribution in [0.3, 0.4) is 0 Å². The van der Waals surface area contributed by atoms with Gasteiger partial charge in [0.2, 0.25) is 0 Å². The van der Waals surface area contributed by atoms with Crippen LogP contribution in [-0.2, 0) is 12.8 Å². The largest absolute Gasteiger partial charge is 0.278 e. The summed E-state index contributed by atoms with van der Waals surface area (Å²) in [7, 11) is 0. The number of rotatable bonds is 0. The second kappa shape index (κ2) is 2.34. The molecule has 3 rings (SSSR count). The maximum Gasteiger partial charge on any atom is 0.0682 e. The van der Waals surface area contributed by atoms with Crippen molar-refractivity contribution in [3.05, 3.63) is 29.0 Å². The fraction of sp³-hybridized carbons (Fsp3) is 0.364. The molecule has 2 nitrogen and oxygen atoms in total. The lowest BCUT2D eigenvalue weighted by molar-refractivity contribution is 0.909. The highest BCUT2D eigenvalue weighted by Crippen LogP contribution is 2.30. The van der Waals surface area contributed by atoms with Gasteiger partial charge in [-0.25, -0.2) is 0 Å². The number of fused-ring (bicyclic) bond motifs is 2. The lowest BCUT2D eigenvalue weighted by Crippen LogP contribution is -1.88. The van der Waals surface area contributed by atoms with Crippen LogP contribution in [0.25, 0.3) is 10.9 Å². The van der Waals surface area contributed by atoms with Gasteiger partial charge in [0, 0.05) is 5.39 Å². The number of hydrogen-bond donors (Lipinski definition) is 1. The summed E-state index contributed by atoms with van der Waals surface area (Å²) in [6, 6.07) is 2.29. The molecule has 0 bridgehead atoms. The van der Waals surface area contributed by atoms with Gasteiger partial charge in [-0.05, 0) is 48.9 Å². The van der Waals surface area contributed by atoms with Gasteiger partial charge in [-0.3, -0.25) is 5.10 Å². The van der Waals surface area contributed by atoms with Crippen LogP contribution in [0, 0.1) is 6.92 Å². The van der Waals surface area contributed by atoms with Crippen molar-refractivity contribution in [2.45, 2.75) is 26.2 Å². The van der Waals surface area contributed by atoms with Gasteiger partial charge in [-0.1, -0.05) is 0 Å². The fourth-order valence-electron chi connectivity index (χ4n) is 2.40. The predicted octanol–water partition coefficient (Wildman–Crippen LogP) is 2.36. The zero-order valence-electron chi connectivity index (χ0n) is 7.72. The van der Waals surface area contributed by atoms with E-state index in [1.165, 1.54) is 41.3 Å². The van der Waals surface area contributed by atoms with Gasteiger partial charge in [-0.15, -0.1) is 0 Å². The highest BCUT2D eigenvalue weighted by atomic mass is 15.1. The quantitative estimate of drug-likeness (QED) is 0.649. The van der Waals surface area contributed by atoms with Crippen LogP contribution in [0.4, 0.5) is 0 Å². The normalized spacial score (nSPS) is 15.2. The number of aryl methyl sites for hydroxylation is 2. The zero-order chi connectivity index (χ0) is 8.84. The molecule has 1 aromatic heterocycles. The van der Waals surface area contributed by atoms with Crippen molar-refractivity contribution in [2.75, 3.05) is 0 Å². The molecule has 2 heteroatoms. The maximum atomic E-state index is 4.08. The summed E-state index contributed by atoms with van der Waals surface area (Å²) in [5, 5.41) is 8.41. The van der Waals surface area contributed by atoms with E-state index in [0.717, 1.165) is 0 Å². The van der Waals surface area contributed by atoms with E-state index in [1.54, 1.807) is 5.56 Å². The van der Waals surface area contributed by atoms with Crippen molar-refractivity contribution in [2.24, 2.45) is 0 Å². The van der Waals surface area contributed by atoms with Crippen LogP contribution in [0.1, 0.15) is 23.1 Å². The molecule has 0 radical (unpaired) electrons. The number of H-pyrrole nitrogens is 1. The summed E-state index contributed by atoms with van der Waals surface area (Å²) in [4.78, 5) is 0. The SMILES string of the molecule is Cc1c2c(cc3cn[nH]c13)CCC2. The molecule has 1 aliphatic carbocycles. The third-order valence-corrected chi connectivity index (χ3v) is 3.09. The Morgan fingerprint density at radius 2 is 2.31 bits per heavy atom. The van der Waals surface area contributed by atoms with E-state index in [-0.39, 0.29) is 0 Å². The van der Waals surface area contributed by atoms with E-state index >= 15 is 0 Å². The fourth-order valence-corrected chi connectivity index (χ4v) is 2.40. The molecule has 0 amide bonds. The summed E-state index contributed by atoms with van der Waals surface area (Å²) in [6.07, 6.45) is 5.73. The van der Waals surface area contributed by atoms with E-state index in [2.05, 4.69) is 23.2 Å². The Kier molecular flexibility index (Phi) is 1.29. The summed E-state index contributed by atoms with van der Waals surface area (Å²) in [5.74, 6) is 0. The average molecular weight is 172 g/mol. The Morgan fingerprint density at radius 3 is 3.23 bits per heavy atom. The Morgan fingerprint density at radius 1 is 1.38 bits per heavy atom. The Balaban J connectivity index is 2.45. The molecule has 1 N–H and O–H groups in total. The molecule has 1 heterocycles. The molecular formula is C11H12N2. The molecule has 1 aromatic carbocycles. The topological polar surface area (TPSA) is 28.7 Å². The highest BCUT2D eigenvalue weighted by molar-refractivity contribution is 5.83. The van der Waals surface area contributed by atoms with Crippen LogP contribution in [0.5, 0.6) is 0 Å². The molecule has 0 spiro atoms. The van der Waals surface area contributed by atoms with Crippen LogP contribution in [0.2, 0.25) is 0 Å². The molecule has 0 fully saturated rings. The Labute approximate surface area is 77.0 Å². The van der Waals surface area contributed by atoms with Crippen LogP contribution in [-0.4, -0.2) is 10.2 Å². The summed E-state index contributed by atoms with van der Waals surface area (Å²) < 4.78 is 0. The summed E-state index contributed by atoms with van der Waals surface area (Å²) in [5.41, 5.74) is 5.71. The minimum Gasteiger partial charge on any atom is -0.278 e. The molecule has 0 aliphatic heterocycles. The third-order valence-electron chi connectivity index (χ3n) is 3.09. The van der Waals surface area contributed by atoms with Crippen molar-refractivity contribution < 1.29 is 0 Å². The lowest BCUT2D eigenvalue weighted by atomic mass is 10.0. The predicted molar refractivity (Wildman–Crippen MR) is 52.9 cm³/mol. The van der Waals surface area contributed by atoms with Crippen LogP contribution < -0.4 is 0 Å². The average Bonchev–Trinajstić information content (AvgIpc) is 2.71. The van der Waals surface area contributed by atoms with Crippen molar-refractivity contribution in [3.63, 3.8) is 0 Å². The molecule has 0 unspecified atom stereocenters. The van der Waals surface area contributed by atoms with E-state index < -0.39 is 0 Å². The Hall–Kier alpha value is -1.31. The van der Waals surface area contributed by atoms with Gasteiger partial charge in [0.25, 0.3) is 0 Å². The second-order valence-corrected chi connectivity index (χ2v) is 3.83. The maximum absolute atomic E-state index is 4.08. The number of aromatic nitrogens is 2. The molecule has 2 aromatic rings. The number of nitrogens with zero attached hydrogens (tertiary/aromatic N) is 1. The standard InChI is InChI=1S/C11H12N2/c1-7-10-4-2-3-8(10)5-9-6-12-13-11(7)9/h5-6H,2-4H2,1H3,(H,12,13). The zero-order valence-corrected chi connectivity index (χ0v) is 7.72. The highest BCUT2D eigenvalue weighted by Gasteiger charge is 2.15. The smallest absolute Gasteiger partial charge is 0.0682 e. The first-order chi connectivity index (χ1) is 6.36. The van der Waals surface area contributed by atoms with E-state index in [1.807, 2.05) is 6.20 Å². The van der Waals surface area contributed by atoms with Gasteiger partial charge in [0.05, 0.1) is 11.7 Å². The molecule has 0 atom stereocenters. The van der Waals surface area contributed by atoms with Gasteiger partial charge in [0.1, 0.15) is 0 Å². The summed E-state index contributed by atoms with van der Waals surface area (Å²) >= 11 is 0. The molecule has 13 heavy (non-hydrogen) atoms. The first kappa shape index (κ1) is 7.13. The summed E-state index contributed by atoms with van der Waals surface area (Å²) in [6.45, 7) is 2.20. The molecule has 0 saturated heterocycles. The van der Waals surface area contributed by atoms with E-state index in [4.69, 9.17) is 0 Å². The first-order valence-corrected chi connectivity index (χ1v) is 4.80. The van der Waals surface area contributed by atoms with E-state index in [9.17, 15) is 0 Å². The van der Waals surface area contributed by atoms with Gasteiger partial charge < -0.3 is 0 Å². The van der Waals surface area contributed by atoms with Crippen LogP contribution >= 0.6 is 0 Å². The second-order valence-electron chi connectivity index (χ2n) is 3.83. The minimum absolute atomic E-state index is 1.22. The van der Waals surface area contributed by atoms with Crippen molar-refractivity contribution >= 4 is 10.9 Å². The third kappa shape index (κ3) is 0.857. The van der Waals surface area contributed by atoms with Crippen molar-refractivity contribution in [3.8, 4) is 0 Å². The molecular weight excluding hydrogens is 160 g/mol. The number of benzene rings is 1. The Bertz CT molecular complexity index is 468. The van der Waals surface area contributed by atoms with Crippen molar-refractivity contribution in [1.82, 2.24) is 10.2 Å². The van der Waals surface area contributed by atoms with Gasteiger partial charge in [0.15, 0.2) is 0 Å². The van der Waals surface area contributed by atoms with Crippen molar-refractivity contribution in [1.29, 1.82) is 0 Å². The van der Waals surface area contributed by atoms with E-state index in [0.29, 0.717) is 0 Å². The van der Waals surface area contributed by atoms with Gasteiger partial charge >= 0.3 is 0 Å².